The van der Waals surface area contributed by atoms with Crippen molar-refractivity contribution in [1.29, 1.82) is 0 Å². The maximum absolute atomic E-state index is 11.6. The first-order chi connectivity index (χ1) is 14.2. The number of anilines is 1. The molecule has 0 saturated heterocycles. The Labute approximate surface area is 165 Å². The predicted molar refractivity (Wildman–Crippen MR) is 108 cm³/mol. The molecule has 2 aromatic carbocycles. The third kappa shape index (κ3) is 3.16. The predicted octanol–water partition coefficient (Wildman–Crippen LogP) is 3.82. The summed E-state index contributed by atoms with van der Waals surface area (Å²) >= 11 is 0. The highest BCUT2D eigenvalue weighted by atomic mass is 16.3. The average Bonchev–Trinajstić information content (AvgIpc) is 3.48. The van der Waals surface area contributed by atoms with Gasteiger partial charge >= 0.3 is 0 Å². The second-order valence-electron chi connectivity index (χ2n) is 6.55. The topological polar surface area (TPSA) is 90.8 Å². The van der Waals surface area contributed by atoms with Gasteiger partial charge in [-0.3, -0.25) is 9.36 Å². The van der Waals surface area contributed by atoms with Crippen LogP contribution in [0.2, 0.25) is 0 Å². The zero-order valence-corrected chi connectivity index (χ0v) is 15.5. The average molecular weight is 384 g/mol. The van der Waals surface area contributed by atoms with Crippen molar-refractivity contribution in [2.75, 3.05) is 5.32 Å². The van der Waals surface area contributed by atoms with Crippen molar-refractivity contribution >= 4 is 22.6 Å². The van der Waals surface area contributed by atoms with E-state index in [4.69, 9.17) is 4.42 Å². The van der Waals surface area contributed by atoms with Crippen LogP contribution in [0.25, 0.3) is 33.7 Å². The van der Waals surface area contributed by atoms with E-state index in [1.54, 1.807) is 23.4 Å². The molecule has 0 aliphatic rings. The molecule has 0 aliphatic carbocycles. The van der Waals surface area contributed by atoms with E-state index in [2.05, 4.69) is 20.4 Å². The number of carbonyl (C=O) groups excluding carboxylic acids is 1. The number of carbonyl (C=O) groups is 1. The second-order valence-corrected chi connectivity index (χ2v) is 6.55. The maximum Gasteiger partial charge on any atom is 0.221 e. The molecule has 3 aromatic heterocycles. The Bertz CT molecular complexity index is 1300. The van der Waals surface area contributed by atoms with Crippen LogP contribution in [0.4, 0.5) is 5.69 Å². The normalized spacial score (nSPS) is 11.1. The van der Waals surface area contributed by atoms with Gasteiger partial charge in [0.05, 0.1) is 28.6 Å². The minimum absolute atomic E-state index is 0.138. The summed E-state index contributed by atoms with van der Waals surface area (Å²) in [5.41, 5.74) is 5.03. The number of hydrogen-bond acceptors (Lipinski definition) is 5. The van der Waals surface area contributed by atoms with E-state index in [9.17, 15) is 4.79 Å². The van der Waals surface area contributed by atoms with E-state index in [0.717, 1.165) is 28.0 Å². The number of benzene rings is 2. The number of nitrogens with one attached hydrogen (secondary N) is 1. The first-order valence-corrected chi connectivity index (χ1v) is 8.96. The van der Waals surface area contributed by atoms with E-state index in [1.807, 2.05) is 53.2 Å². The van der Waals surface area contributed by atoms with Gasteiger partial charge in [-0.25, -0.2) is 14.6 Å². The fourth-order valence-electron chi connectivity index (χ4n) is 3.29. The Morgan fingerprint density at radius 3 is 2.79 bits per heavy atom. The number of rotatable bonds is 4. The first kappa shape index (κ1) is 16.9. The molecule has 142 valence electrons. The number of oxazole rings is 1. The van der Waals surface area contributed by atoms with Gasteiger partial charge in [-0.15, -0.1) is 0 Å². The van der Waals surface area contributed by atoms with Gasteiger partial charge in [0.25, 0.3) is 0 Å². The summed E-state index contributed by atoms with van der Waals surface area (Å²) in [6.45, 7) is 1.48. The SMILES string of the molecule is CC(=O)Nc1cc(-n2cccn2)cc(-n2cnc3cc(-c4cnco4)ccc32)c1. The standard InChI is InChI=1S/C21H16N6O2/c1-14(28)25-16-8-17(10-18(9-16)27-6-2-5-24-27)26-12-23-19-7-15(3-4-20(19)26)21-11-22-13-29-21/h2-13H,1H3,(H,25,28). The molecule has 5 rings (SSSR count). The lowest BCUT2D eigenvalue weighted by molar-refractivity contribution is -0.114. The first-order valence-electron chi connectivity index (χ1n) is 8.96. The number of fused-ring (bicyclic) bond motifs is 1. The number of hydrogen-bond donors (Lipinski definition) is 1. The van der Waals surface area contributed by atoms with Gasteiger partial charge in [-0.2, -0.15) is 5.10 Å². The largest absolute Gasteiger partial charge is 0.444 e. The summed E-state index contributed by atoms with van der Waals surface area (Å²) < 4.78 is 9.09. The van der Waals surface area contributed by atoms with Gasteiger partial charge in [-0.1, -0.05) is 0 Å². The summed E-state index contributed by atoms with van der Waals surface area (Å²) in [5.74, 6) is 0.552. The lowest BCUT2D eigenvalue weighted by Gasteiger charge is -2.12. The Morgan fingerprint density at radius 2 is 2.03 bits per heavy atom. The van der Waals surface area contributed by atoms with E-state index in [-0.39, 0.29) is 5.91 Å². The van der Waals surface area contributed by atoms with E-state index in [0.29, 0.717) is 11.4 Å². The molecule has 8 heteroatoms. The Kier molecular flexibility index (Phi) is 3.94. The van der Waals surface area contributed by atoms with Gasteiger partial charge in [0.2, 0.25) is 5.91 Å². The molecular formula is C21H16N6O2. The van der Waals surface area contributed by atoms with Crippen molar-refractivity contribution in [3.8, 4) is 22.7 Å². The molecule has 0 fully saturated rings. The zero-order chi connectivity index (χ0) is 19.8. The zero-order valence-electron chi connectivity index (χ0n) is 15.5. The minimum Gasteiger partial charge on any atom is -0.444 e. The van der Waals surface area contributed by atoms with Crippen molar-refractivity contribution in [1.82, 2.24) is 24.3 Å². The van der Waals surface area contributed by atoms with E-state index >= 15 is 0 Å². The van der Waals surface area contributed by atoms with E-state index < -0.39 is 0 Å². The highest BCUT2D eigenvalue weighted by Gasteiger charge is 2.11. The fourth-order valence-corrected chi connectivity index (χ4v) is 3.29. The lowest BCUT2D eigenvalue weighted by atomic mass is 10.1. The number of nitrogens with zero attached hydrogens (tertiary/aromatic N) is 5. The van der Waals surface area contributed by atoms with Crippen LogP contribution < -0.4 is 5.32 Å². The van der Waals surface area contributed by atoms with Gasteiger partial charge < -0.3 is 9.73 Å². The van der Waals surface area contributed by atoms with Crippen LogP contribution in [-0.4, -0.2) is 30.2 Å². The molecule has 1 amide bonds. The molecule has 8 nitrogen and oxygen atoms in total. The second kappa shape index (κ2) is 6.75. The quantitative estimate of drug-likeness (QED) is 0.509. The van der Waals surface area contributed by atoms with Crippen molar-refractivity contribution in [2.24, 2.45) is 0 Å². The summed E-state index contributed by atoms with van der Waals surface area (Å²) in [7, 11) is 0. The molecule has 0 atom stereocenters. The summed E-state index contributed by atoms with van der Waals surface area (Å²) in [6, 6.07) is 13.5. The Hall–Kier alpha value is -4.20. The van der Waals surface area contributed by atoms with Crippen LogP contribution in [0.15, 0.2) is 78.2 Å². The van der Waals surface area contributed by atoms with Crippen molar-refractivity contribution in [2.45, 2.75) is 6.92 Å². The third-order valence-electron chi connectivity index (χ3n) is 4.53. The monoisotopic (exact) mass is 384 g/mol. The summed E-state index contributed by atoms with van der Waals surface area (Å²) in [6.07, 6.45) is 8.40. The van der Waals surface area contributed by atoms with Crippen LogP contribution in [0.5, 0.6) is 0 Å². The van der Waals surface area contributed by atoms with Crippen LogP contribution in [0.1, 0.15) is 6.92 Å². The summed E-state index contributed by atoms with van der Waals surface area (Å²) in [4.78, 5) is 20.1. The molecular weight excluding hydrogens is 368 g/mol. The minimum atomic E-state index is -0.138. The fraction of sp³-hybridized carbons (Fsp3) is 0.0476. The molecule has 5 aromatic rings. The molecule has 0 saturated carbocycles. The van der Waals surface area contributed by atoms with Crippen LogP contribution in [-0.2, 0) is 4.79 Å². The Balaban J connectivity index is 1.63. The Morgan fingerprint density at radius 1 is 1.14 bits per heavy atom. The summed E-state index contributed by atoms with van der Waals surface area (Å²) in [5, 5.41) is 7.15. The number of imidazole rings is 1. The maximum atomic E-state index is 11.6. The molecule has 0 spiro atoms. The molecule has 0 radical (unpaired) electrons. The number of amides is 1. The smallest absolute Gasteiger partial charge is 0.221 e. The van der Waals surface area contributed by atoms with Crippen LogP contribution in [0, 0.1) is 0 Å². The van der Waals surface area contributed by atoms with Crippen molar-refractivity contribution < 1.29 is 9.21 Å². The van der Waals surface area contributed by atoms with Crippen LogP contribution in [0.3, 0.4) is 0 Å². The van der Waals surface area contributed by atoms with E-state index in [1.165, 1.54) is 13.3 Å². The van der Waals surface area contributed by atoms with Gasteiger partial charge in [0, 0.05) is 30.6 Å². The molecule has 1 N–H and O–H groups in total. The molecule has 0 unspecified atom stereocenters. The third-order valence-corrected chi connectivity index (χ3v) is 4.53. The van der Waals surface area contributed by atoms with Gasteiger partial charge in [0.15, 0.2) is 12.2 Å². The van der Waals surface area contributed by atoms with Crippen LogP contribution >= 0.6 is 0 Å². The highest BCUT2D eigenvalue weighted by Crippen LogP contribution is 2.27. The molecule has 29 heavy (non-hydrogen) atoms. The van der Waals surface area contributed by atoms with Gasteiger partial charge in [-0.05, 0) is 42.5 Å². The number of aromatic nitrogens is 5. The van der Waals surface area contributed by atoms with Crippen molar-refractivity contribution in [3.63, 3.8) is 0 Å². The van der Waals surface area contributed by atoms with Crippen molar-refractivity contribution in [3.05, 3.63) is 73.8 Å². The highest BCUT2D eigenvalue weighted by molar-refractivity contribution is 5.90. The molecule has 0 bridgehead atoms. The molecule has 3 heterocycles. The lowest BCUT2D eigenvalue weighted by Crippen LogP contribution is -2.08. The molecule has 0 aliphatic heterocycles. The van der Waals surface area contributed by atoms with Gasteiger partial charge in [0.1, 0.15) is 6.33 Å².